The molecule has 0 atom stereocenters. The number of nitrogens with two attached hydrogens (primary N) is 1. The number of nitrogens with zero attached hydrogens (tertiary/aromatic N) is 2. The molecule has 0 spiro atoms. The summed E-state index contributed by atoms with van der Waals surface area (Å²) in [6.45, 7) is 3.58. The van der Waals surface area contributed by atoms with Gasteiger partial charge in [-0.1, -0.05) is 18.2 Å². The molecule has 162 valence electrons. The van der Waals surface area contributed by atoms with E-state index in [4.69, 9.17) is 10.8 Å². The number of anilines is 1. The molecule has 0 saturated carbocycles. The Morgan fingerprint density at radius 2 is 1.84 bits per heavy atom. The van der Waals surface area contributed by atoms with E-state index in [1.807, 2.05) is 32.2 Å². The summed E-state index contributed by atoms with van der Waals surface area (Å²) in [5, 5.41) is 13.1. The van der Waals surface area contributed by atoms with Crippen molar-refractivity contribution in [3.05, 3.63) is 76.5 Å². The van der Waals surface area contributed by atoms with Gasteiger partial charge in [0.05, 0.1) is 5.52 Å². The molecule has 2 aromatic carbocycles. The summed E-state index contributed by atoms with van der Waals surface area (Å²) < 4.78 is 0. The maximum Gasteiger partial charge on any atom is 0.322 e. The highest BCUT2D eigenvalue weighted by molar-refractivity contribution is 6.08. The van der Waals surface area contributed by atoms with E-state index in [0.717, 1.165) is 51.4 Å². The molecule has 32 heavy (non-hydrogen) atoms. The predicted octanol–water partition coefficient (Wildman–Crippen LogP) is 3.58. The van der Waals surface area contributed by atoms with Gasteiger partial charge in [0.25, 0.3) is 5.91 Å². The number of fused-ring (bicyclic) bond motifs is 3. The number of carboxylic acids is 1. The topological polar surface area (TPSA) is 118 Å². The Bertz CT molecular complexity index is 1360. The van der Waals surface area contributed by atoms with Gasteiger partial charge in [-0.2, -0.15) is 0 Å². The molecule has 1 amide bonds. The minimum absolute atomic E-state index is 0.394. The molecule has 0 aliphatic carbocycles. The van der Waals surface area contributed by atoms with E-state index in [-0.39, 0.29) is 0 Å². The van der Waals surface area contributed by atoms with Crippen LogP contribution in [0.5, 0.6) is 0 Å². The number of hydrogen-bond donors (Lipinski definition) is 3. The van der Waals surface area contributed by atoms with E-state index in [2.05, 4.69) is 33.5 Å². The van der Waals surface area contributed by atoms with Crippen molar-refractivity contribution >= 4 is 39.5 Å². The van der Waals surface area contributed by atoms with Crippen molar-refractivity contribution in [2.45, 2.75) is 26.7 Å². The Morgan fingerprint density at radius 3 is 2.59 bits per heavy atom. The Labute approximate surface area is 185 Å². The molecule has 0 unspecified atom stereocenters. The lowest BCUT2D eigenvalue weighted by Gasteiger charge is -2.11. The van der Waals surface area contributed by atoms with Crippen LogP contribution in [-0.2, 0) is 17.6 Å². The van der Waals surface area contributed by atoms with Gasteiger partial charge in [-0.15, -0.1) is 0 Å². The second kappa shape index (κ2) is 8.63. The fourth-order valence-electron chi connectivity index (χ4n) is 3.85. The molecule has 0 radical (unpaired) electrons. The van der Waals surface area contributed by atoms with Crippen LogP contribution in [-0.4, -0.2) is 33.5 Å². The first-order valence-electron chi connectivity index (χ1n) is 10.4. The highest BCUT2D eigenvalue weighted by Gasteiger charge is 2.11. The van der Waals surface area contributed by atoms with Crippen LogP contribution in [0.25, 0.3) is 21.8 Å². The number of hydrogen-bond acceptors (Lipinski definition) is 5. The molecule has 4 aromatic rings. The van der Waals surface area contributed by atoms with Crippen molar-refractivity contribution in [1.82, 2.24) is 15.3 Å². The quantitative estimate of drug-likeness (QED) is 0.404. The molecule has 0 aliphatic heterocycles. The minimum atomic E-state index is -1.07. The third-order valence-corrected chi connectivity index (χ3v) is 5.56. The second-order valence-electron chi connectivity index (χ2n) is 7.98. The number of nitrogen functional groups attached to an aromatic ring is 1. The summed E-state index contributed by atoms with van der Waals surface area (Å²) in [6.07, 6.45) is 3.40. The summed E-state index contributed by atoms with van der Waals surface area (Å²) >= 11 is 0. The predicted molar refractivity (Wildman–Crippen MR) is 125 cm³/mol. The van der Waals surface area contributed by atoms with Gasteiger partial charge in [-0.3, -0.25) is 14.6 Å². The zero-order valence-corrected chi connectivity index (χ0v) is 18.0. The van der Waals surface area contributed by atoms with Crippen molar-refractivity contribution in [3.63, 3.8) is 0 Å². The molecule has 4 rings (SSSR count). The molecule has 4 N–H and O–H groups in total. The van der Waals surface area contributed by atoms with Gasteiger partial charge < -0.3 is 16.2 Å². The Hall–Kier alpha value is -4.00. The Balaban J connectivity index is 1.56. The Kier molecular flexibility index (Phi) is 5.73. The molecule has 2 heterocycles. The number of carbonyl (C=O) groups excluding carboxylic acids is 1. The number of amides is 1. The molecule has 7 nitrogen and oxygen atoms in total. The second-order valence-corrected chi connectivity index (χ2v) is 7.98. The summed E-state index contributed by atoms with van der Waals surface area (Å²) in [5.74, 6) is -1.04. The number of aromatic nitrogens is 2. The van der Waals surface area contributed by atoms with Crippen LogP contribution in [0.15, 0.2) is 48.7 Å². The molecule has 0 bridgehead atoms. The summed E-state index contributed by atoms with van der Waals surface area (Å²) in [6, 6.07) is 13.7. The normalized spacial score (nSPS) is 11.1. The Morgan fingerprint density at radius 1 is 1.03 bits per heavy atom. The SMILES string of the molecule is Cc1ccc2c(c1)nc(N)c1ncc(CCc3ccc(C(=O)NCC(=O)O)cc3C)cc12. The number of rotatable bonds is 6. The van der Waals surface area contributed by atoms with Gasteiger partial charge in [-0.25, -0.2) is 4.98 Å². The molecule has 2 aromatic heterocycles. The maximum atomic E-state index is 12.1. The van der Waals surface area contributed by atoms with E-state index in [1.165, 1.54) is 0 Å². The molecule has 7 heteroatoms. The zero-order chi connectivity index (χ0) is 22.8. The largest absolute Gasteiger partial charge is 0.480 e. The minimum Gasteiger partial charge on any atom is -0.480 e. The fourth-order valence-corrected chi connectivity index (χ4v) is 3.85. The van der Waals surface area contributed by atoms with Crippen molar-refractivity contribution in [3.8, 4) is 0 Å². The van der Waals surface area contributed by atoms with Gasteiger partial charge in [0.2, 0.25) is 0 Å². The smallest absolute Gasteiger partial charge is 0.322 e. The van der Waals surface area contributed by atoms with Crippen LogP contribution in [0.4, 0.5) is 5.82 Å². The lowest BCUT2D eigenvalue weighted by molar-refractivity contribution is -0.135. The third-order valence-electron chi connectivity index (χ3n) is 5.56. The molecule has 0 aliphatic rings. The first-order valence-corrected chi connectivity index (χ1v) is 10.4. The number of benzene rings is 2. The van der Waals surface area contributed by atoms with E-state index < -0.39 is 18.4 Å². The number of carbonyl (C=O) groups is 2. The van der Waals surface area contributed by atoms with Crippen LogP contribution in [0.2, 0.25) is 0 Å². The van der Waals surface area contributed by atoms with Crippen LogP contribution in [0, 0.1) is 13.8 Å². The summed E-state index contributed by atoms with van der Waals surface area (Å²) in [7, 11) is 0. The average molecular weight is 428 g/mol. The highest BCUT2D eigenvalue weighted by atomic mass is 16.4. The first kappa shape index (κ1) is 21.2. The standard InChI is InChI=1S/C25H24N4O3/c1-14-3-8-19-20-11-16(12-27-23(20)24(26)29-21(19)9-14)4-5-17-6-7-18(10-15(17)2)25(32)28-13-22(30)31/h3,6-12H,4-5,13H2,1-2H3,(H2,26,29)(H,28,32)(H,30,31). The van der Waals surface area contributed by atoms with Gasteiger partial charge in [0.15, 0.2) is 5.82 Å². The lowest BCUT2D eigenvalue weighted by Crippen LogP contribution is -2.29. The number of aryl methyl sites for hydroxylation is 4. The van der Waals surface area contributed by atoms with Gasteiger partial charge in [-0.05, 0) is 73.2 Å². The van der Waals surface area contributed by atoms with Crippen LogP contribution < -0.4 is 11.1 Å². The number of nitrogens with one attached hydrogen (secondary N) is 1. The van der Waals surface area contributed by atoms with E-state index in [0.29, 0.717) is 16.9 Å². The van der Waals surface area contributed by atoms with E-state index >= 15 is 0 Å². The van der Waals surface area contributed by atoms with Gasteiger partial charge in [0, 0.05) is 22.5 Å². The fraction of sp³-hybridized carbons (Fsp3) is 0.200. The van der Waals surface area contributed by atoms with Crippen LogP contribution in [0.3, 0.4) is 0 Å². The van der Waals surface area contributed by atoms with Gasteiger partial charge in [0.1, 0.15) is 12.1 Å². The van der Waals surface area contributed by atoms with Crippen LogP contribution >= 0.6 is 0 Å². The summed E-state index contributed by atoms with van der Waals surface area (Å²) in [5.41, 5.74) is 12.5. The monoisotopic (exact) mass is 428 g/mol. The first-order chi connectivity index (χ1) is 15.3. The van der Waals surface area contributed by atoms with Crippen molar-refractivity contribution in [1.29, 1.82) is 0 Å². The maximum absolute atomic E-state index is 12.1. The molecule has 0 fully saturated rings. The number of aliphatic carboxylic acids is 1. The summed E-state index contributed by atoms with van der Waals surface area (Å²) in [4.78, 5) is 31.8. The van der Waals surface area contributed by atoms with Gasteiger partial charge >= 0.3 is 5.97 Å². The lowest BCUT2D eigenvalue weighted by atomic mass is 9.98. The molecular formula is C25H24N4O3. The van der Waals surface area contributed by atoms with Crippen molar-refractivity contribution in [2.75, 3.05) is 12.3 Å². The van der Waals surface area contributed by atoms with Crippen LogP contribution in [0.1, 0.15) is 32.6 Å². The zero-order valence-electron chi connectivity index (χ0n) is 18.0. The molecule has 0 saturated heterocycles. The number of pyridine rings is 2. The van der Waals surface area contributed by atoms with Crippen molar-refractivity contribution in [2.24, 2.45) is 0 Å². The molecular weight excluding hydrogens is 404 g/mol. The number of carboxylic acid groups (broad SMARTS) is 1. The third kappa shape index (κ3) is 4.37. The van der Waals surface area contributed by atoms with Crippen molar-refractivity contribution < 1.29 is 14.7 Å². The average Bonchev–Trinajstić information content (AvgIpc) is 2.76. The highest BCUT2D eigenvalue weighted by Crippen LogP contribution is 2.28. The van der Waals surface area contributed by atoms with E-state index in [9.17, 15) is 9.59 Å². The van der Waals surface area contributed by atoms with E-state index in [1.54, 1.807) is 12.1 Å².